The maximum absolute atomic E-state index is 11.4. The second-order valence-electron chi connectivity index (χ2n) is 5.61. The minimum absolute atomic E-state index is 0.0442. The highest BCUT2D eigenvalue weighted by Gasteiger charge is 2.17. The van der Waals surface area contributed by atoms with Gasteiger partial charge in [-0.3, -0.25) is 0 Å². The van der Waals surface area contributed by atoms with E-state index in [2.05, 4.69) is 4.98 Å². The van der Waals surface area contributed by atoms with Gasteiger partial charge in [-0.2, -0.15) is 0 Å². The second-order valence-corrected chi connectivity index (χ2v) is 5.61. The van der Waals surface area contributed by atoms with E-state index in [1.165, 1.54) is 6.07 Å². The number of aromatic nitrogens is 1. The highest BCUT2D eigenvalue weighted by molar-refractivity contribution is 5.95. The normalized spacial score (nSPS) is 12.2. The van der Waals surface area contributed by atoms with Crippen LogP contribution in [0.1, 0.15) is 21.8 Å². The number of hydrogen-bond acceptors (Lipinski definition) is 5. The summed E-state index contributed by atoms with van der Waals surface area (Å²) < 4.78 is 11.1. The van der Waals surface area contributed by atoms with E-state index in [1.54, 1.807) is 13.0 Å². The molecule has 124 valence electrons. The highest BCUT2D eigenvalue weighted by atomic mass is 16.5. The predicted molar refractivity (Wildman–Crippen MR) is 89.3 cm³/mol. The first-order chi connectivity index (χ1) is 11.5. The van der Waals surface area contributed by atoms with E-state index >= 15 is 0 Å². The number of ether oxygens (including phenoxy) is 1. The first-order valence-corrected chi connectivity index (χ1v) is 7.59. The summed E-state index contributed by atoms with van der Waals surface area (Å²) in [4.78, 5) is 15.6. The van der Waals surface area contributed by atoms with Gasteiger partial charge in [-0.05, 0) is 18.1 Å². The second kappa shape index (κ2) is 6.72. The molecule has 3 aromatic rings. The lowest BCUT2D eigenvalue weighted by Crippen LogP contribution is -2.30. The molecular weight excluding hydrogens is 308 g/mol. The van der Waals surface area contributed by atoms with E-state index in [0.29, 0.717) is 23.4 Å². The van der Waals surface area contributed by atoms with Crippen LogP contribution in [0, 0.1) is 6.92 Å². The zero-order valence-electron chi connectivity index (χ0n) is 13.2. The summed E-state index contributed by atoms with van der Waals surface area (Å²) in [6.07, 6.45) is 0.646. The molecule has 3 rings (SSSR count). The van der Waals surface area contributed by atoms with E-state index < -0.39 is 5.97 Å². The number of nitrogens with zero attached hydrogens (tertiary/aromatic N) is 1. The van der Waals surface area contributed by atoms with Gasteiger partial charge >= 0.3 is 5.97 Å². The Bertz CT molecular complexity index is 858. The summed E-state index contributed by atoms with van der Waals surface area (Å²) in [7, 11) is 0. The zero-order valence-corrected chi connectivity index (χ0v) is 13.2. The fraction of sp³-hybridized carbons (Fsp3) is 0.222. The van der Waals surface area contributed by atoms with Crippen LogP contribution >= 0.6 is 0 Å². The van der Waals surface area contributed by atoms with Crippen LogP contribution in [-0.2, 0) is 6.42 Å². The molecule has 2 aromatic carbocycles. The van der Waals surface area contributed by atoms with Gasteiger partial charge in [0.2, 0.25) is 0 Å². The van der Waals surface area contributed by atoms with Crippen molar-refractivity contribution < 1.29 is 19.1 Å². The van der Waals surface area contributed by atoms with Crippen LogP contribution in [0.15, 0.2) is 46.9 Å². The number of carboxylic acid groups (broad SMARTS) is 1. The summed E-state index contributed by atoms with van der Waals surface area (Å²) in [5, 5.41) is 9.36. The van der Waals surface area contributed by atoms with Crippen molar-refractivity contribution >= 4 is 17.1 Å². The van der Waals surface area contributed by atoms with Crippen LogP contribution in [0.2, 0.25) is 0 Å². The van der Waals surface area contributed by atoms with Gasteiger partial charge in [0.25, 0.3) is 0 Å². The van der Waals surface area contributed by atoms with Crippen molar-refractivity contribution in [3.05, 3.63) is 59.5 Å². The summed E-state index contributed by atoms with van der Waals surface area (Å²) >= 11 is 0. The molecule has 6 nitrogen and oxygen atoms in total. The molecule has 0 aliphatic heterocycles. The monoisotopic (exact) mass is 326 g/mol. The first kappa shape index (κ1) is 16.0. The highest BCUT2D eigenvalue weighted by Crippen LogP contribution is 2.27. The Morgan fingerprint density at radius 2 is 2.08 bits per heavy atom. The van der Waals surface area contributed by atoms with E-state index in [9.17, 15) is 9.90 Å². The van der Waals surface area contributed by atoms with Gasteiger partial charge in [0.1, 0.15) is 23.4 Å². The smallest absolute Gasteiger partial charge is 0.339 e. The van der Waals surface area contributed by atoms with Crippen molar-refractivity contribution in [3.8, 4) is 5.75 Å². The molecule has 0 aliphatic rings. The topological polar surface area (TPSA) is 98.6 Å². The number of aromatic carboxylic acids is 1. The average Bonchev–Trinajstić information content (AvgIpc) is 2.91. The molecule has 0 spiro atoms. The largest absolute Gasteiger partial charge is 0.491 e. The Kier molecular flexibility index (Phi) is 4.48. The quantitative estimate of drug-likeness (QED) is 0.722. The number of nitrogens with two attached hydrogens (primary N) is 1. The molecule has 1 aromatic heterocycles. The molecule has 6 heteroatoms. The molecule has 0 amide bonds. The molecule has 0 radical (unpaired) electrons. The number of oxazole rings is 1. The SMILES string of the molecule is Cc1nc2cc(C(=O)O)c(OCC(N)Cc3ccccc3)cc2o1. The first-order valence-electron chi connectivity index (χ1n) is 7.59. The van der Waals surface area contributed by atoms with Gasteiger partial charge in [0, 0.05) is 19.0 Å². The standard InChI is InChI=1S/C18H18N2O4/c1-11-20-15-8-14(18(21)22)16(9-17(15)24-11)23-10-13(19)7-12-5-3-2-4-6-12/h2-6,8-9,13H,7,10,19H2,1H3,(H,21,22). The summed E-state index contributed by atoms with van der Waals surface area (Å²) in [6, 6.07) is 12.6. The van der Waals surface area contributed by atoms with Gasteiger partial charge < -0.3 is 20.0 Å². The van der Waals surface area contributed by atoms with Crippen molar-refractivity contribution in [2.24, 2.45) is 5.73 Å². The van der Waals surface area contributed by atoms with Crippen LogP contribution in [-0.4, -0.2) is 28.7 Å². The number of carbonyl (C=O) groups is 1. The molecule has 0 saturated carbocycles. The van der Waals surface area contributed by atoms with Crippen molar-refractivity contribution in [1.29, 1.82) is 0 Å². The number of benzene rings is 2. The fourth-order valence-electron chi connectivity index (χ4n) is 2.53. The van der Waals surface area contributed by atoms with E-state index in [4.69, 9.17) is 14.9 Å². The lowest BCUT2D eigenvalue weighted by molar-refractivity contribution is 0.0692. The van der Waals surface area contributed by atoms with Crippen LogP contribution in [0.4, 0.5) is 0 Å². The molecule has 1 heterocycles. The minimum atomic E-state index is -1.08. The van der Waals surface area contributed by atoms with Gasteiger partial charge in [0.05, 0.1) is 0 Å². The predicted octanol–water partition coefficient (Wildman–Crippen LogP) is 2.78. The lowest BCUT2D eigenvalue weighted by atomic mass is 10.1. The van der Waals surface area contributed by atoms with Crippen LogP contribution < -0.4 is 10.5 Å². The molecule has 0 saturated heterocycles. The molecule has 0 bridgehead atoms. The van der Waals surface area contributed by atoms with Crippen LogP contribution in [0.25, 0.3) is 11.1 Å². The Hall–Kier alpha value is -2.86. The van der Waals surface area contributed by atoms with Crippen LogP contribution in [0.5, 0.6) is 5.75 Å². The Morgan fingerprint density at radius 1 is 1.33 bits per heavy atom. The maximum Gasteiger partial charge on any atom is 0.339 e. The third-order valence-electron chi connectivity index (χ3n) is 3.62. The van der Waals surface area contributed by atoms with Crippen LogP contribution in [0.3, 0.4) is 0 Å². The third kappa shape index (κ3) is 3.55. The number of carboxylic acids is 1. The maximum atomic E-state index is 11.4. The summed E-state index contributed by atoms with van der Waals surface area (Å²) in [5.41, 5.74) is 8.22. The number of aryl methyl sites for hydroxylation is 1. The van der Waals surface area contributed by atoms with Gasteiger partial charge in [-0.25, -0.2) is 9.78 Å². The molecule has 0 aliphatic carbocycles. The molecule has 1 unspecified atom stereocenters. The molecule has 1 atom stereocenters. The van der Waals surface area contributed by atoms with Crippen molar-refractivity contribution in [3.63, 3.8) is 0 Å². The number of hydrogen-bond donors (Lipinski definition) is 2. The van der Waals surface area contributed by atoms with E-state index in [0.717, 1.165) is 5.56 Å². The van der Waals surface area contributed by atoms with Gasteiger partial charge in [0.15, 0.2) is 11.5 Å². The molecule has 3 N–H and O–H groups in total. The Labute approximate surface area is 138 Å². The zero-order chi connectivity index (χ0) is 17.1. The number of fused-ring (bicyclic) bond motifs is 1. The van der Waals surface area contributed by atoms with Gasteiger partial charge in [-0.1, -0.05) is 30.3 Å². The Morgan fingerprint density at radius 3 is 2.79 bits per heavy atom. The van der Waals surface area contributed by atoms with Crippen molar-refractivity contribution in [2.45, 2.75) is 19.4 Å². The summed E-state index contributed by atoms with van der Waals surface area (Å²) in [5.74, 6) is -0.377. The fourth-order valence-corrected chi connectivity index (χ4v) is 2.53. The molecule has 0 fully saturated rings. The van der Waals surface area contributed by atoms with Crippen molar-refractivity contribution in [1.82, 2.24) is 4.98 Å². The number of rotatable bonds is 6. The molecular formula is C18H18N2O4. The molecule has 24 heavy (non-hydrogen) atoms. The average molecular weight is 326 g/mol. The third-order valence-corrected chi connectivity index (χ3v) is 3.62. The summed E-state index contributed by atoms with van der Waals surface area (Å²) in [6.45, 7) is 1.91. The lowest BCUT2D eigenvalue weighted by Gasteiger charge is -2.14. The Balaban J connectivity index is 1.76. The minimum Gasteiger partial charge on any atom is -0.491 e. The van der Waals surface area contributed by atoms with Gasteiger partial charge in [-0.15, -0.1) is 0 Å². The van der Waals surface area contributed by atoms with Crippen molar-refractivity contribution in [2.75, 3.05) is 6.61 Å². The van der Waals surface area contributed by atoms with E-state index in [-0.39, 0.29) is 24.0 Å². The van der Waals surface area contributed by atoms with E-state index in [1.807, 2.05) is 30.3 Å².